The zero-order valence-electron chi connectivity index (χ0n) is 20.2. The van der Waals surface area contributed by atoms with Crippen LogP contribution in [0.5, 0.6) is 5.75 Å². The number of nitro groups is 1. The molecule has 1 saturated carbocycles. The number of rotatable bonds is 8. The third-order valence-electron chi connectivity index (χ3n) is 7.44. The van der Waals surface area contributed by atoms with E-state index in [0.717, 1.165) is 50.3 Å². The van der Waals surface area contributed by atoms with E-state index in [2.05, 4.69) is 21.9 Å². The number of ether oxygens (including phenoxy) is 1. The van der Waals surface area contributed by atoms with Gasteiger partial charge in [-0.2, -0.15) is 0 Å². The summed E-state index contributed by atoms with van der Waals surface area (Å²) in [6.07, 6.45) is 5.86. The highest BCUT2D eigenvalue weighted by molar-refractivity contribution is 5.73. The summed E-state index contributed by atoms with van der Waals surface area (Å²) in [6.45, 7) is 4.97. The number of methoxy groups -OCH3 is 1. The lowest BCUT2D eigenvalue weighted by Crippen LogP contribution is -2.44. The van der Waals surface area contributed by atoms with E-state index < -0.39 is 0 Å². The molecule has 1 saturated heterocycles. The SMILES string of the molecule is COc1cccc([C@H]2CN(Cc3ccc([N+](=O)[O-])cc3)C[C@@H]2CN(C(C)=O)C2CCCCC2)c1. The molecule has 7 heteroatoms. The average molecular weight is 466 g/mol. The molecule has 1 aliphatic carbocycles. The number of non-ortho nitro benzene ring substituents is 1. The maximum absolute atomic E-state index is 12.7. The summed E-state index contributed by atoms with van der Waals surface area (Å²) in [4.78, 5) is 27.8. The second-order valence-electron chi connectivity index (χ2n) is 9.72. The number of nitrogens with zero attached hydrogens (tertiary/aromatic N) is 3. The molecule has 182 valence electrons. The van der Waals surface area contributed by atoms with E-state index in [1.54, 1.807) is 26.2 Å². The second kappa shape index (κ2) is 11.0. The number of nitro benzene ring substituents is 1. The molecule has 0 unspecified atom stereocenters. The van der Waals surface area contributed by atoms with Crippen molar-refractivity contribution in [2.75, 3.05) is 26.7 Å². The highest BCUT2D eigenvalue weighted by atomic mass is 16.6. The van der Waals surface area contributed by atoms with Gasteiger partial charge in [0.25, 0.3) is 5.69 Å². The van der Waals surface area contributed by atoms with Crippen LogP contribution in [0.25, 0.3) is 0 Å². The van der Waals surface area contributed by atoms with Gasteiger partial charge in [-0.25, -0.2) is 0 Å². The van der Waals surface area contributed by atoms with E-state index in [4.69, 9.17) is 4.74 Å². The molecule has 7 nitrogen and oxygen atoms in total. The Bertz CT molecular complexity index is 988. The maximum Gasteiger partial charge on any atom is 0.269 e. The van der Waals surface area contributed by atoms with Crippen molar-refractivity contribution in [2.24, 2.45) is 5.92 Å². The molecule has 0 spiro atoms. The molecule has 0 N–H and O–H groups in total. The minimum Gasteiger partial charge on any atom is -0.497 e. The van der Waals surface area contributed by atoms with E-state index in [1.807, 2.05) is 24.3 Å². The predicted molar refractivity (Wildman–Crippen MR) is 132 cm³/mol. The number of amides is 1. The molecule has 1 heterocycles. The Balaban J connectivity index is 1.54. The summed E-state index contributed by atoms with van der Waals surface area (Å²) in [5, 5.41) is 11.0. The van der Waals surface area contributed by atoms with E-state index in [1.165, 1.54) is 24.8 Å². The highest BCUT2D eigenvalue weighted by Crippen LogP contribution is 2.37. The molecule has 0 bridgehead atoms. The van der Waals surface area contributed by atoms with Crippen molar-refractivity contribution < 1.29 is 14.5 Å². The monoisotopic (exact) mass is 465 g/mol. The molecule has 0 aromatic heterocycles. The Morgan fingerprint density at radius 3 is 2.50 bits per heavy atom. The summed E-state index contributed by atoms with van der Waals surface area (Å²) in [7, 11) is 1.69. The first kappa shape index (κ1) is 24.2. The van der Waals surface area contributed by atoms with Gasteiger partial charge in [-0.15, -0.1) is 0 Å². The lowest BCUT2D eigenvalue weighted by atomic mass is 9.87. The van der Waals surface area contributed by atoms with Gasteiger partial charge >= 0.3 is 0 Å². The third-order valence-corrected chi connectivity index (χ3v) is 7.44. The van der Waals surface area contributed by atoms with Crippen LogP contribution >= 0.6 is 0 Å². The minimum absolute atomic E-state index is 0.113. The number of likely N-dealkylation sites (tertiary alicyclic amines) is 1. The number of hydrogen-bond acceptors (Lipinski definition) is 5. The second-order valence-corrected chi connectivity index (χ2v) is 9.72. The van der Waals surface area contributed by atoms with E-state index >= 15 is 0 Å². The largest absolute Gasteiger partial charge is 0.497 e. The summed E-state index contributed by atoms with van der Waals surface area (Å²) in [5.41, 5.74) is 2.41. The fourth-order valence-corrected chi connectivity index (χ4v) is 5.69. The van der Waals surface area contributed by atoms with Gasteiger partial charge in [0.05, 0.1) is 12.0 Å². The van der Waals surface area contributed by atoms with Crippen molar-refractivity contribution in [3.05, 3.63) is 69.8 Å². The van der Waals surface area contributed by atoms with Crippen LogP contribution in [0.3, 0.4) is 0 Å². The van der Waals surface area contributed by atoms with Gasteiger partial charge in [0.1, 0.15) is 5.75 Å². The van der Waals surface area contributed by atoms with Crippen molar-refractivity contribution in [1.29, 1.82) is 0 Å². The van der Waals surface area contributed by atoms with Crippen molar-refractivity contribution in [1.82, 2.24) is 9.80 Å². The van der Waals surface area contributed by atoms with Gasteiger partial charge < -0.3 is 9.64 Å². The Kier molecular flexibility index (Phi) is 7.83. The van der Waals surface area contributed by atoms with Crippen LogP contribution in [0.2, 0.25) is 0 Å². The number of carbonyl (C=O) groups is 1. The van der Waals surface area contributed by atoms with Gasteiger partial charge in [0.15, 0.2) is 0 Å². The zero-order valence-corrected chi connectivity index (χ0v) is 20.2. The van der Waals surface area contributed by atoms with Gasteiger partial charge in [-0.3, -0.25) is 19.8 Å². The first-order chi connectivity index (χ1) is 16.4. The predicted octanol–water partition coefficient (Wildman–Crippen LogP) is 5.00. The van der Waals surface area contributed by atoms with Crippen LogP contribution in [0.4, 0.5) is 5.69 Å². The van der Waals surface area contributed by atoms with E-state index in [-0.39, 0.29) is 16.5 Å². The Hall–Kier alpha value is -2.93. The molecule has 2 aliphatic rings. The summed E-state index contributed by atoms with van der Waals surface area (Å²) >= 11 is 0. The topological polar surface area (TPSA) is 75.9 Å². The Labute approximate surface area is 201 Å². The number of carbonyl (C=O) groups excluding carboxylic acids is 1. The Morgan fingerprint density at radius 2 is 1.85 bits per heavy atom. The molecule has 0 radical (unpaired) electrons. The Morgan fingerprint density at radius 1 is 1.12 bits per heavy atom. The van der Waals surface area contributed by atoms with Crippen LogP contribution < -0.4 is 4.74 Å². The van der Waals surface area contributed by atoms with Crippen LogP contribution in [0, 0.1) is 16.0 Å². The molecular formula is C27H35N3O4. The highest BCUT2D eigenvalue weighted by Gasteiger charge is 2.37. The fourth-order valence-electron chi connectivity index (χ4n) is 5.69. The molecule has 1 amide bonds. The van der Waals surface area contributed by atoms with Crippen molar-refractivity contribution in [3.63, 3.8) is 0 Å². The lowest BCUT2D eigenvalue weighted by Gasteiger charge is -2.36. The average Bonchev–Trinajstić information content (AvgIpc) is 3.25. The van der Waals surface area contributed by atoms with Gasteiger partial charge in [-0.1, -0.05) is 43.5 Å². The summed E-state index contributed by atoms with van der Waals surface area (Å²) < 4.78 is 5.48. The summed E-state index contributed by atoms with van der Waals surface area (Å²) in [6, 6.07) is 15.5. The normalized spacial score (nSPS) is 21.4. The molecule has 2 aromatic carbocycles. The van der Waals surface area contributed by atoms with Gasteiger partial charge in [0, 0.05) is 57.2 Å². The van der Waals surface area contributed by atoms with E-state index in [9.17, 15) is 14.9 Å². The zero-order chi connectivity index (χ0) is 24.1. The molecular weight excluding hydrogens is 430 g/mol. The number of hydrogen-bond donors (Lipinski definition) is 0. The first-order valence-electron chi connectivity index (χ1n) is 12.3. The number of benzene rings is 2. The molecule has 2 aromatic rings. The van der Waals surface area contributed by atoms with Crippen LogP contribution in [-0.4, -0.2) is 53.4 Å². The van der Waals surface area contributed by atoms with Crippen LogP contribution in [0.1, 0.15) is 56.1 Å². The molecule has 4 rings (SSSR count). The van der Waals surface area contributed by atoms with Crippen LogP contribution in [0.15, 0.2) is 48.5 Å². The quantitative estimate of drug-likeness (QED) is 0.405. The summed E-state index contributed by atoms with van der Waals surface area (Å²) in [5.74, 6) is 1.63. The standard InChI is InChI=1S/C27H35N3O4/c1-20(31)29(24-8-4-3-5-9-24)18-23-17-28(16-21-11-13-25(14-12-21)30(32)33)19-27(23)22-7-6-10-26(15-22)34-2/h6-7,10-15,23-24,27H,3-5,8-9,16-19H2,1-2H3/t23-,27-/m1/s1. The maximum atomic E-state index is 12.7. The molecule has 2 fully saturated rings. The molecule has 2 atom stereocenters. The van der Waals surface area contributed by atoms with Gasteiger partial charge in [0.2, 0.25) is 5.91 Å². The van der Waals surface area contributed by atoms with Crippen molar-refractivity contribution in [3.8, 4) is 5.75 Å². The van der Waals surface area contributed by atoms with Crippen molar-refractivity contribution in [2.45, 2.75) is 57.5 Å². The molecule has 1 aliphatic heterocycles. The smallest absolute Gasteiger partial charge is 0.269 e. The third kappa shape index (κ3) is 5.76. The van der Waals surface area contributed by atoms with Crippen LogP contribution in [-0.2, 0) is 11.3 Å². The minimum atomic E-state index is -0.365. The van der Waals surface area contributed by atoms with Crippen molar-refractivity contribution >= 4 is 11.6 Å². The van der Waals surface area contributed by atoms with Gasteiger partial charge in [-0.05, 0) is 42.0 Å². The lowest BCUT2D eigenvalue weighted by molar-refractivity contribution is -0.384. The first-order valence-corrected chi connectivity index (χ1v) is 12.3. The van der Waals surface area contributed by atoms with E-state index in [0.29, 0.717) is 17.9 Å². The fraction of sp³-hybridized carbons (Fsp3) is 0.519. The molecule has 34 heavy (non-hydrogen) atoms.